The van der Waals surface area contributed by atoms with Crippen molar-refractivity contribution in [1.29, 1.82) is 0 Å². The van der Waals surface area contributed by atoms with Crippen molar-refractivity contribution in [1.82, 2.24) is 14.9 Å². The molecule has 5 rings (SSSR count). The van der Waals surface area contributed by atoms with Gasteiger partial charge in [0.25, 0.3) is 0 Å². The summed E-state index contributed by atoms with van der Waals surface area (Å²) in [6, 6.07) is 27.2. The normalized spacial score (nSPS) is 18.1. The van der Waals surface area contributed by atoms with Crippen LogP contribution in [0.2, 0.25) is 0 Å². The molecule has 0 radical (unpaired) electrons. The van der Waals surface area contributed by atoms with Gasteiger partial charge in [0.2, 0.25) is 0 Å². The second-order valence-corrected chi connectivity index (χ2v) is 8.67. The zero-order valence-electron chi connectivity index (χ0n) is 18.5. The molecule has 2 aromatic carbocycles. The number of para-hydroxylation sites is 2. The average Bonchev–Trinajstić information content (AvgIpc) is 3.31. The molecule has 0 bridgehead atoms. The van der Waals surface area contributed by atoms with Crippen LogP contribution in [0.1, 0.15) is 40.3 Å². The topological polar surface area (TPSA) is 33.1 Å². The van der Waals surface area contributed by atoms with Crippen LogP contribution < -0.4 is 10.2 Å². The number of hydrogen-bond donors (Lipinski definition) is 1. The molecule has 0 amide bonds. The van der Waals surface area contributed by atoms with E-state index >= 15 is 0 Å². The number of nitrogens with zero attached hydrogens (tertiary/aromatic N) is 3. The highest BCUT2D eigenvalue weighted by Gasteiger charge is 2.42. The Hall–Kier alpha value is -3.44. The van der Waals surface area contributed by atoms with Crippen LogP contribution in [0.25, 0.3) is 5.69 Å². The van der Waals surface area contributed by atoms with Crippen molar-refractivity contribution >= 4 is 23.0 Å². The maximum Gasteiger partial charge on any atom is 0.174 e. The van der Waals surface area contributed by atoms with Crippen LogP contribution in [0, 0.1) is 20.8 Å². The highest BCUT2D eigenvalue weighted by molar-refractivity contribution is 7.80. The summed E-state index contributed by atoms with van der Waals surface area (Å²) in [7, 11) is 0. The number of pyridine rings is 1. The number of aromatic nitrogens is 2. The SMILES string of the molecule is Cc1ccccc1-n1c(C)cc([C@@H]2[C@H](c3ccccn3)NC(=S)N2c2ccccc2)c1C. The summed E-state index contributed by atoms with van der Waals surface area (Å²) in [4.78, 5) is 6.91. The van der Waals surface area contributed by atoms with Crippen molar-refractivity contribution in [2.45, 2.75) is 32.9 Å². The Morgan fingerprint density at radius 3 is 2.31 bits per heavy atom. The standard InChI is InChI=1S/C27H26N4S/c1-18-11-7-8-15-24(18)30-19(2)17-22(20(30)3)26-25(23-14-9-10-16-28-23)29-27(32)31(26)21-12-5-4-6-13-21/h4-17,25-26H,1-3H3,(H,29,32)/t25-,26+/m0/s1. The van der Waals surface area contributed by atoms with Gasteiger partial charge in [0.1, 0.15) is 0 Å². The molecule has 1 N–H and O–H groups in total. The van der Waals surface area contributed by atoms with Gasteiger partial charge in [-0.05, 0) is 80.5 Å². The molecule has 4 aromatic rings. The van der Waals surface area contributed by atoms with Crippen LogP contribution in [0.4, 0.5) is 5.69 Å². The van der Waals surface area contributed by atoms with E-state index in [2.05, 4.69) is 101 Å². The molecule has 1 aliphatic heterocycles. The van der Waals surface area contributed by atoms with Crippen LogP contribution in [0.3, 0.4) is 0 Å². The van der Waals surface area contributed by atoms with Crippen molar-refractivity contribution in [2.75, 3.05) is 4.90 Å². The van der Waals surface area contributed by atoms with E-state index in [9.17, 15) is 0 Å². The molecule has 0 saturated carbocycles. The van der Waals surface area contributed by atoms with Crippen molar-refractivity contribution < 1.29 is 0 Å². The Kier molecular flexibility index (Phi) is 5.27. The maximum absolute atomic E-state index is 5.85. The third-order valence-corrected chi connectivity index (χ3v) is 6.59. The fourth-order valence-corrected chi connectivity index (χ4v) is 5.16. The van der Waals surface area contributed by atoms with Crippen LogP contribution in [-0.2, 0) is 0 Å². The van der Waals surface area contributed by atoms with Gasteiger partial charge in [-0.3, -0.25) is 4.98 Å². The lowest BCUT2D eigenvalue weighted by Gasteiger charge is -2.28. The molecule has 1 aliphatic rings. The van der Waals surface area contributed by atoms with Gasteiger partial charge in [-0.2, -0.15) is 0 Å². The smallest absolute Gasteiger partial charge is 0.174 e. The van der Waals surface area contributed by atoms with Crippen LogP contribution in [0.5, 0.6) is 0 Å². The van der Waals surface area contributed by atoms with Gasteiger partial charge >= 0.3 is 0 Å². The Labute approximate surface area is 194 Å². The van der Waals surface area contributed by atoms with E-state index < -0.39 is 0 Å². The van der Waals surface area contributed by atoms with Gasteiger partial charge in [0.05, 0.1) is 17.8 Å². The van der Waals surface area contributed by atoms with E-state index in [1.54, 1.807) is 0 Å². The van der Waals surface area contributed by atoms with E-state index in [1.165, 1.54) is 28.2 Å². The molecule has 5 heteroatoms. The zero-order valence-corrected chi connectivity index (χ0v) is 19.3. The minimum Gasteiger partial charge on any atom is -0.351 e. The van der Waals surface area contributed by atoms with Crippen LogP contribution >= 0.6 is 12.2 Å². The van der Waals surface area contributed by atoms with Crippen molar-refractivity contribution in [3.63, 3.8) is 0 Å². The molecule has 4 nitrogen and oxygen atoms in total. The number of benzene rings is 2. The number of thiocarbonyl (C=S) groups is 1. The maximum atomic E-state index is 5.85. The first-order chi connectivity index (χ1) is 15.6. The molecule has 0 aliphatic carbocycles. The molecule has 2 aromatic heterocycles. The van der Waals surface area contributed by atoms with Gasteiger partial charge in [-0.25, -0.2) is 0 Å². The predicted molar refractivity (Wildman–Crippen MR) is 134 cm³/mol. The lowest BCUT2D eigenvalue weighted by atomic mass is 9.96. The molecule has 0 spiro atoms. The number of nitrogens with one attached hydrogen (secondary N) is 1. The van der Waals surface area contributed by atoms with E-state index in [-0.39, 0.29) is 12.1 Å². The highest BCUT2D eigenvalue weighted by Crippen LogP contribution is 2.43. The lowest BCUT2D eigenvalue weighted by molar-refractivity contribution is 0.565. The minimum absolute atomic E-state index is 0.0104. The molecule has 0 unspecified atom stereocenters. The first kappa shape index (κ1) is 20.5. The Balaban J connectivity index is 1.70. The van der Waals surface area contributed by atoms with Gasteiger partial charge in [-0.1, -0.05) is 42.5 Å². The monoisotopic (exact) mass is 438 g/mol. The quantitative estimate of drug-likeness (QED) is 0.398. The summed E-state index contributed by atoms with van der Waals surface area (Å²) >= 11 is 5.85. The molecular formula is C27H26N4S. The molecule has 1 fully saturated rings. The third kappa shape index (κ3) is 3.39. The predicted octanol–water partition coefficient (Wildman–Crippen LogP) is 5.97. The Morgan fingerprint density at radius 2 is 1.59 bits per heavy atom. The van der Waals surface area contributed by atoms with Crippen molar-refractivity contribution in [3.8, 4) is 5.69 Å². The largest absolute Gasteiger partial charge is 0.351 e. The number of anilines is 1. The van der Waals surface area contributed by atoms with E-state index in [4.69, 9.17) is 12.2 Å². The van der Waals surface area contributed by atoms with Crippen molar-refractivity contribution in [2.24, 2.45) is 0 Å². The number of rotatable bonds is 4. The summed E-state index contributed by atoms with van der Waals surface area (Å²) in [5.74, 6) is 0. The van der Waals surface area contributed by atoms with E-state index in [0.29, 0.717) is 0 Å². The fraction of sp³-hybridized carbons (Fsp3) is 0.185. The average molecular weight is 439 g/mol. The van der Waals surface area contributed by atoms with Gasteiger partial charge in [0.15, 0.2) is 5.11 Å². The first-order valence-electron chi connectivity index (χ1n) is 10.9. The van der Waals surface area contributed by atoms with E-state index in [0.717, 1.165) is 16.5 Å². The Bertz CT molecular complexity index is 1260. The summed E-state index contributed by atoms with van der Waals surface area (Å²) in [5.41, 5.74) is 8.20. The zero-order chi connectivity index (χ0) is 22.2. The molecule has 160 valence electrons. The molecule has 2 atom stereocenters. The molecular weight excluding hydrogens is 412 g/mol. The summed E-state index contributed by atoms with van der Waals surface area (Å²) in [6.07, 6.45) is 1.85. The van der Waals surface area contributed by atoms with Crippen molar-refractivity contribution in [3.05, 3.63) is 113 Å². The number of hydrogen-bond acceptors (Lipinski definition) is 2. The molecule has 1 saturated heterocycles. The molecule has 3 heterocycles. The summed E-state index contributed by atoms with van der Waals surface area (Å²) < 4.78 is 2.35. The number of aryl methyl sites for hydroxylation is 2. The molecule has 32 heavy (non-hydrogen) atoms. The third-order valence-electron chi connectivity index (χ3n) is 6.28. The van der Waals surface area contributed by atoms with Crippen LogP contribution in [-0.4, -0.2) is 14.7 Å². The fourth-order valence-electron chi connectivity index (χ4n) is 4.81. The van der Waals surface area contributed by atoms with Gasteiger partial charge < -0.3 is 14.8 Å². The second-order valence-electron chi connectivity index (χ2n) is 8.28. The first-order valence-corrected chi connectivity index (χ1v) is 11.3. The summed E-state index contributed by atoms with van der Waals surface area (Å²) in [5, 5.41) is 4.28. The van der Waals surface area contributed by atoms with Crippen LogP contribution in [0.15, 0.2) is 85.1 Å². The summed E-state index contributed by atoms with van der Waals surface area (Å²) in [6.45, 7) is 6.54. The second kappa shape index (κ2) is 8.24. The lowest BCUT2D eigenvalue weighted by Crippen LogP contribution is -2.29. The van der Waals surface area contributed by atoms with Gasteiger partial charge in [0, 0.05) is 29.0 Å². The minimum atomic E-state index is -0.0465. The Morgan fingerprint density at radius 1 is 0.875 bits per heavy atom. The van der Waals surface area contributed by atoms with Gasteiger partial charge in [-0.15, -0.1) is 0 Å². The highest BCUT2D eigenvalue weighted by atomic mass is 32.1. The van der Waals surface area contributed by atoms with E-state index in [1.807, 2.05) is 24.4 Å².